The molecule has 178 valence electrons. The summed E-state index contributed by atoms with van der Waals surface area (Å²) in [5.41, 5.74) is 1.69. The Morgan fingerprint density at radius 1 is 1.21 bits per heavy atom. The van der Waals surface area contributed by atoms with Crippen LogP contribution in [0.25, 0.3) is 10.9 Å². The number of carbonyl (C=O) groups is 1. The first-order chi connectivity index (χ1) is 16.5. The van der Waals surface area contributed by atoms with E-state index in [2.05, 4.69) is 32.1 Å². The second-order valence-electron chi connectivity index (χ2n) is 8.14. The molecular weight excluding hydrogens is 457 g/mol. The molecule has 1 fully saturated rings. The third-order valence-corrected chi connectivity index (χ3v) is 5.98. The number of fused-ring (bicyclic) bond motifs is 1. The van der Waals surface area contributed by atoms with Crippen molar-refractivity contribution in [3.8, 4) is 5.75 Å². The van der Waals surface area contributed by atoms with Crippen molar-refractivity contribution in [1.29, 1.82) is 0 Å². The van der Waals surface area contributed by atoms with E-state index in [-0.39, 0.29) is 10.9 Å². The number of hydrogen-bond acceptors (Lipinski definition) is 6. The summed E-state index contributed by atoms with van der Waals surface area (Å²) < 4.78 is 19.6. The van der Waals surface area contributed by atoms with E-state index in [9.17, 15) is 9.18 Å². The Morgan fingerprint density at radius 2 is 2.03 bits per heavy atom. The van der Waals surface area contributed by atoms with Gasteiger partial charge < -0.3 is 20.3 Å². The summed E-state index contributed by atoms with van der Waals surface area (Å²) in [5, 5.41) is 6.60. The van der Waals surface area contributed by atoms with E-state index in [1.54, 1.807) is 18.2 Å². The molecule has 7 nitrogen and oxygen atoms in total. The normalized spacial score (nSPS) is 14.1. The summed E-state index contributed by atoms with van der Waals surface area (Å²) in [7, 11) is 0. The third-order valence-electron chi connectivity index (χ3n) is 5.69. The van der Waals surface area contributed by atoms with Crippen LogP contribution in [0.5, 0.6) is 5.75 Å². The van der Waals surface area contributed by atoms with Crippen LogP contribution in [0.4, 0.5) is 21.6 Å². The number of piperidine rings is 1. The van der Waals surface area contributed by atoms with Crippen molar-refractivity contribution in [2.24, 2.45) is 0 Å². The van der Waals surface area contributed by atoms with Gasteiger partial charge in [-0.05, 0) is 62.7 Å². The molecule has 9 heteroatoms. The van der Waals surface area contributed by atoms with Crippen LogP contribution in [0, 0.1) is 5.82 Å². The quantitative estimate of drug-likeness (QED) is 0.307. The van der Waals surface area contributed by atoms with Crippen LogP contribution >= 0.6 is 11.6 Å². The highest BCUT2D eigenvalue weighted by molar-refractivity contribution is 6.31. The summed E-state index contributed by atoms with van der Waals surface area (Å²) in [4.78, 5) is 23.2. The minimum atomic E-state index is -0.503. The Bertz CT molecular complexity index is 1180. The largest absolute Gasteiger partial charge is 0.491 e. The second-order valence-corrected chi connectivity index (χ2v) is 8.55. The Labute approximate surface area is 203 Å². The van der Waals surface area contributed by atoms with Gasteiger partial charge in [-0.15, -0.1) is 0 Å². The number of halogens is 2. The maximum absolute atomic E-state index is 13.5. The average molecular weight is 484 g/mol. The monoisotopic (exact) mass is 483 g/mol. The van der Waals surface area contributed by atoms with Gasteiger partial charge in [0, 0.05) is 23.7 Å². The van der Waals surface area contributed by atoms with E-state index in [1.807, 2.05) is 0 Å². The second kappa shape index (κ2) is 11.3. The van der Waals surface area contributed by atoms with Crippen LogP contribution in [0.1, 0.15) is 25.7 Å². The average Bonchev–Trinajstić information content (AvgIpc) is 2.85. The zero-order valence-corrected chi connectivity index (χ0v) is 19.6. The molecule has 0 saturated carbocycles. The number of ether oxygens (including phenoxy) is 1. The molecule has 2 heterocycles. The molecule has 1 aromatic heterocycles. The number of nitrogens with zero attached hydrogens (tertiary/aromatic N) is 3. The first kappa shape index (κ1) is 23.9. The van der Waals surface area contributed by atoms with Gasteiger partial charge in [0.1, 0.15) is 23.7 Å². The number of aromatic nitrogens is 2. The summed E-state index contributed by atoms with van der Waals surface area (Å²) in [5.74, 6) is 0.153. The Kier molecular flexibility index (Phi) is 7.92. The van der Waals surface area contributed by atoms with Crippen LogP contribution in [-0.4, -0.2) is 47.0 Å². The third kappa shape index (κ3) is 6.01. The maximum atomic E-state index is 13.5. The molecule has 0 aliphatic carbocycles. The Hall–Kier alpha value is -3.23. The number of rotatable bonds is 9. The van der Waals surface area contributed by atoms with E-state index >= 15 is 0 Å². The van der Waals surface area contributed by atoms with Gasteiger partial charge >= 0.3 is 0 Å². The van der Waals surface area contributed by atoms with E-state index < -0.39 is 5.82 Å². The molecule has 3 aromatic rings. The molecule has 34 heavy (non-hydrogen) atoms. The zero-order chi connectivity index (χ0) is 23.9. The van der Waals surface area contributed by atoms with Crippen LogP contribution in [0.3, 0.4) is 0 Å². The lowest BCUT2D eigenvalue weighted by Crippen LogP contribution is -2.31. The standard InChI is InChI=1S/C25H27ClFN5O2/c1-2-24(33)31-22-14-18-21(15-23(22)34-12-6-11-32-9-4-3-5-10-32)28-16-29-25(18)30-17-7-8-20(27)19(26)13-17/h2,7-8,13-16H,1,3-6,9-12H2,(H,31,33)(H,28,29,30). The molecular formula is C25H27ClFN5O2. The predicted octanol–water partition coefficient (Wildman–Crippen LogP) is 5.55. The number of nitrogens with one attached hydrogen (secondary N) is 2. The fraction of sp³-hybridized carbons (Fsp3) is 0.320. The van der Waals surface area contributed by atoms with E-state index in [1.165, 1.54) is 43.8 Å². The molecule has 1 amide bonds. The number of likely N-dealkylation sites (tertiary alicyclic amines) is 1. The van der Waals surface area contributed by atoms with Crippen molar-refractivity contribution in [2.75, 3.05) is 36.9 Å². The lowest BCUT2D eigenvalue weighted by molar-refractivity contribution is -0.111. The smallest absolute Gasteiger partial charge is 0.247 e. The molecule has 1 aliphatic rings. The minimum absolute atomic E-state index is 0.00235. The highest BCUT2D eigenvalue weighted by Crippen LogP contribution is 2.34. The van der Waals surface area contributed by atoms with Crippen molar-refractivity contribution < 1.29 is 13.9 Å². The number of hydrogen-bond donors (Lipinski definition) is 2. The summed E-state index contributed by atoms with van der Waals surface area (Å²) in [6.07, 6.45) is 7.33. The zero-order valence-electron chi connectivity index (χ0n) is 18.8. The molecule has 1 saturated heterocycles. The van der Waals surface area contributed by atoms with E-state index in [0.717, 1.165) is 26.1 Å². The van der Waals surface area contributed by atoms with Gasteiger partial charge in [-0.2, -0.15) is 0 Å². The Balaban J connectivity index is 1.56. The van der Waals surface area contributed by atoms with Gasteiger partial charge in [0.15, 0.2) is 0 Å². The minimum Gasteiger partial charge on any atom is -0.491 e. The van der Waals surface area contributed by atoms with Crippen molar-refractivity contribution in [3.05, 3.63) is 60.2 Å². The van der Waals surface area contributed by atoms with E-state index in [0.29, 0.717) is 40.5 Å². The molecule has 1 aliphatic heterocycles. The molecule has 0 unspecified atom stereocenters. The number of anilines is 3. The summed E-state index contributed by atoms with van der Waals surface area (Å²) >= 11 is 5.90. The lowest BCUT2D eigenvalue weighted by atomic mass is 10.1. The van der Waals surface area contributed by atoms with Gasteiger partial charge in [-0.25, -0.2) is 14.4 Å². The molecule has 2 N–H and O–H groups in total. The Morgan fingerprint density at radius 3 is 2.79 bits per heavy atom. The van der Waals surface area contributed by atoms with Gasteiger partial charge in [0.25, 0.3) is 0 Å². The molecule has 0 radical (unpaired) electrons. The predicted molar refractivity (Wildman–Crippen MR) is 133 cm³/mol. The van der Waals surface area contributed by atoms with Crippen LogP contribution < -0.4 is 15.4 Å². The van der Waals surface area contributed by atoms with Crippen LogP contribution in [-0.2, 0) is 4.79 Å². The van der Waals surface area contributed by atoms with Crippen molar-refractivity contribution >= 4 is 45.6 Å². The first-order valence-corrected chi connectivity index (χ1v) is 11.7. The van der Waals surface area contributed by atoms with Crippen molar-refractivity contribution in [2.45, 2.75) is 25.7 Å². The summed E-state index contributed by atoms with van der Waals surface area (Å²) in [6.45, 7) is 7.31. The molecule has 4 rings (SSSR count). The molecule has 0 bridgehead atoms. The van der Waals surface area contributed by atoms with Crippen LogP contribution in [0.2, 0.25) is 5.02 Å². The van der Waals surface area contributed by atoms with Crippen LogP contribution in [0.15, 0.2) is 49.3 Å². The fourth-order valence-corrected chi connectivity index (χ4v) is 4.13. The SMILES string of the molecule is C=CC(=O)Nc1cc2c(Nc3ccc(F)c(Cl)c3)ncnc2cc1OCCCN1CCCCC1. The lowest BCUT2D eigenvalue weighted by Gasteiger charge is -2.26. The van der Waals surface area contributed by atoms with Crippen molar-refractivity contribution in [3.63, 3.8) is 0 Å². The molecule has 2 aromatic carbocycles. The first-order valence-electron chi connectivity index (χ1n) is 11.3. The van der Waals surface area contributed by atoms with Gasteiger partial charge in [0.05, 0.1) is 22.8 Å². The van der Waals surface area contributed by atoms with E-state index in [4.69, 9.17) is 16.3 Å². The fourth-order valence-electron chi connectivity index (χ4n) is 3.95. The highest BCUT2D eigenvalue weighted by Gasteiger charge is 2.14. The highest BCUT2D eigenvalue weighted by atomic mass is 35.5. The molecule has 0 atom stereocenters. The topological polar surface area (TPSA) is 79.4 Å². The number of carbonyl (C=O) groups excluding carboxylic acids is 1. The van der Waals surface area contributed by atoms with Gasteiger partial charge in [-0.1, -0.05) is 24.6 Å². The van der Waals surface area contributed by atoms with Crippen molar-refractivity contribution in [1.82, 2.24) is 14.9 Å². The number of amides is 1. The van der Waals surface area contributed by atoms with Gasteiger partial charge in [-0.3, -0.25) is 4.79 Å². The summed E-state index contributed by atoms with van der Waals surface area (Å²) in [6, 6.07) is 7.85. The maximum Gasteiger partial charge on any atom is 0.247 e. The van der Waals surface area contributed by atoms with Gasteiger partial charge in [0.2, 0.25) is 5.91 Å². The number of benzene rings is 2. The molecule has 0 spiro atoms.